The molecule has 0 saturated heterocycles. The summed E-state index contributed by atoms with van der Waals surface area (Å²) < 4.78 is 9.82. The maximum absolute atomic E-state index is 12.6. The predicted molar refractivity (Wildman–Crippen MR) is 82.7 cm³/mol. The van der Waals surface area contributed by atoms with Gasteiger partial charge in [0.1, 0.15) is 23.5 Å². The van der Waals surface area contributed by atoms with E-state index in [2.05, 4.69) is 5.16 Å². The molecule has 23 heavy (non-hydrogen) atoms. The third-order valence-electron chi connectivity index (χ3n) is 3.16. The van der Waals surface area contributed by atoms with Crippen molar-refractivity contribution in [3.8, 4) is 0 Å². The summed E-state index contributed by atoms with van der Waals surface area (Å²) in [5.74, 6) is -2.31. The monoisotopic (exact) mass is 323 g/mol. The minimum Gasteiger partial charge on any atom is -0.462 e. The van der Waals surface area contributed by atoms with E-state index in [0.717, 1.165) is 0 Å². The van der Waals surface area contributed by atoms with Gasteiger partial charge in [-0.1, -0.05) is 5.16 Å². The van der Waals surface area contributed by atoms with Crippen molar-refractivity contribution in [2.24, 2.45) is 5.16 Å². The fourth-order valence-electron chi connectivity index (χ4n) is 2.15. The van der Waals surface area contributed by atoms with Crippen LogP contribution in [0.15, 0.2) is 27.4 Å². The molecule has 0 bridgehead atoms. The van der Waals surface area contributed by atoms with Gasteiger partial charge in [-0.25, -0.2) is 9.59 Å². The van der Waals surface area contributed by atoms with Crippen molar-refractivity contribution in [3.05, 3.63) is 22.3 Å². The van der Waals surface area contributed by atoms with Crippen LogP contribution in [-0.2, 0) is 28.7 Å². The average Bonchev–Trinajstić information content (AvgIpc) is 2.47. The van der Waals surface area contributed by atoms with E-state index in [9.17, 15) is 14.4 Å². The lowest BCUT2D eigenvalue weighted by atomic mass is 9.84. The van der Waals surface area contributed by atoms with E-state index in [1.807, 2.05) is 0 Å². The molecule has 0 N–H and O–H groups in total. The summed E-state index contributed by atoms with van der Waals surface area (Å²) >= 11 is 0. The van der Waals surface area contributed by atoms with E-state index in [0.29, 0.717) is 17.8 Å². The van der Waals surface area contributed by atoms with Crippen molar-refractivity contribution >= 4 is 23.4 Å². The first-order valence-electron chi connectivity index (χ1n) is 7.41. The molecule has 0 saturated carbocycles. The molecule has 0 aromatic rings. The topological polar surface area (TPSA) is 91.3 Å². The van der Waals surface area contributed by atoms with Crippen LogP contribution >= 0.6 is 0 Å². The summed E-state index contributed by atoms with van der Waals surface area (Å²) in [6, 6.07) is 0. The zero-order chi connectivity index (χ0) is 17.6. The largest absolute Gasteiger partial charge is 0.462 e. The second-order valence-corrected chi connectivity index (χ2v) is 4.63. The molecule has 0 heterocycles. The summed E-state index contributed by atoms with van der Waals surface area (Å²) in [5.41, 5.74) is 0.440. The summed E-state index contributed by atoms with van der Waals surface area (Å²) in [6.07, 6.45) is 0. The van der Waals surface area contributed by atoms with E-state index < -0.39 is 17.7 Å². The Bertz CT molecular complexity index is 566. The van der Waals surface area contributed by atoms with Crippen LogP contribution in [-0.4, -0.2) is 43.3 Å². The van der Waals surface area contributed by atoms with Crippen molar-refractivity contribution in [2.45, 2.75) is 34.6 Å². The van der Waals surface area contributed by atoms with E-state index in [-0.39, 0.29) is 30.1 Å². The Kier molecular flexibility index (Phi) is 6.68. The number of carbonyl (C=O) groups is 3. The number of nitrogens with zero attached hydrogens (tertiary/aromatic N) is 1. The standard InChI is InChI=1S/C16H21NO6/c1-6-21-15(19)11-9(4)13(17-23-8-3)10(5)12(14(11)18)16(20)22-7-2/h6-8H2,1-5H3. The average molecular weight is 323 g/mol. The normalized spacial score (nSPS) is 14.8. The quantitative estimate of drug-likeness (QED) is 0.320. The van der Waals surface area contributed by atoms with Gasteiger partial charge >= 0.3 is 11.9 Å². The number of Topliss-reactive ketones (excluding diaryl/α,β-unsaturated/α-hetero) is 1. The molecule has 0 amide bonds. The molecule has 7 nitrogen and oxygen atoms in total. The molecule has 7 heteroatoms. The first kappa shape index (κ1) is 18.6. The molecule has 0 atom stereocenters. The third kappa shape index (κ3) is 3.85. The van der Waals surface area contributed by atoms with Gasteiger partial charge in [-0.2, -0.15) is 0 Å². The van der Waals surface area contributed by atoms with Gasteiger partial charge in [0.25, 0.3) is 0 Å². The number of rotatable bonds is 6. The number of hydrogen-bond acceptors (Lipinski definition) is 7. The number of oxime groups is 1. The minimum absolute atomic E-state index is 0.109. The second-order valence-electron chi connectivity index (χ2n) is 4.63. The van der Waals surface area contributed by atoms with Crippen LogP contribution in [0.4, 0.5) is 0 Å². The summed E-state index contributed by atoms with van der Waals surface area (Å²) in [5, 5.41) is 3.92. The highest BCUT2D eigenvalue weighted by Gasteiger charge is 2.38. The molecule has 0 aliphatic heterocycles. The zero-order valence-corrected chi connectivity index (χ0v) is 14.0. The maximum atomic E-state index is 12.6. The molecule has 126 valence electrons. The Morgan fingerprint density at radius 1 is 0.870 bits per heavy atom. The van der Waals surface area contributed by atoms with Crippen molar-refractivity contribution in [1.29, 1.82) is 0 Å². The van der Waals surface area contributed by atoms with Crippen LogP contribution in [0.2, 0.25) is 0 Å². The molecule has 1 aliphatic rings. The minimum atomic E-state index is -0.798. The number of ketones is 1. The van der Waals surface area contributed by atoms with Crippen LogP contribution in [0.25, 0.3) is 0 Å². The van der Waals surface area contributed by atoms with Crippen LogP contribution in [0.5, 0.6) is 0 Å². The number of ether oxygens (including phenoxy) is 2. The molecule has 0 aromatic heterocycles. The van der Waals surface area contributed by atoms with Crippen LogP contribution in [0.3, 0.4) is 0 Å². The zero-order valence-electron chi connectivity index (χ0n) is 14.0. The smallest absolute Gasteiger partial charge is 0.342 e. The summed E-state index contributed by atoms with van der Waals surface area (Å²) in [6.45, 7) is 8.65. The fourth-order valence-corrected chi connectivity index (χ4v) is 2.15. The maximum Gasteiger partial charge on any atom is 0.342 e. The van der Waals surface area contributed by atoms with Crippen molar-refractivity contribution in [3.63, 3.8) is 0 Å². The van der Waals surface area contributed by atoms with Gasteiger partial charge in [-0.05, 0) is 45.8 Å². The Morgan fingerprint density at radius 3 is 1.65 bits per heavy atom. The highest BCUT2D eigenvalue weighted by atomic mass is 16.6. The molecule has 0 spiro atoms. The van der Waals surface area contributed by atoms with Crippen LogP contribution in [0.1, 0.15) is 34.6 Å². The molecule has 0 unspecified atom stereocenters. The lowest BCUT2D eigenvalue weighted by Gasteiger charge is -2.20. The van der Waals surface area contributed by atoms with Crippen molar-refractivity contribution < 1.29 is 28.7 Å². The van der Waals surface area contributed by atoms with Gasteiger partial charge in [0.05, 0.1) is 13.2 Å². The van der Waals surface area contributed by atoms with E-state index in [1.165, 1.54) is 0 Å². The molecule has 1 aliphatic carbocycles. The third-order valence-corrected chi connectivity index (χ3v) is 3.16. The van der Waals surface area contributed by atoms with Gasteiger partial charge < -0.3 is 14.3 Å². The molecular weight excluding hydrogens is 302 g/mol. The van der Waals surface area contributed by atoms with Gasteiger partial charge in [0.2, 0.25) is 5.78 Å². The molecule has 0 aromatic carbocycles. The Morgan fingerprint density at radius 2 is 1.30 bits per heavy atom. The lowest BCUT2D eigenvalue weighted by molar-refractivity contribution is -0.141. The number of carbonyl (C=O) groups excluding carboxylic acids is 3. The highest BCUT2D eigenvalue weighted by Crippen LogP contribution is 2.27. The van der Waals surface area contributed by atoms with Gasteiger partial charge in [-0.3, -0.25) is 4.79 Å². The van der Waals surface area contributed by atoms with Gasteiger partial charge in [0, 0.05) is 0 Å². The SMILES string of the molecule is CCON=C1C(C)=C(C(=O)OCC)C(=O)C(C(=O)OCC)=C1C. The first-order chi connectivity index (χ1) is 10.9. The van der Waals surface area contributed by atoms with Crippen molar-refractivity contribution in [1.82, 2.24) is 0 Å². The van der Waals surface area contributed by atoms with E-state index >= 15 is 0 Å². The fraction of sp³-hybridized carbons (Fsp3) is 0.500. The molecular formula is C16H21NO6. The van der Waals surface area contributed by atoms with Crippen LogP contribution < -0.4 is 0 Å². The highest BCUT2D eigenvalue weighted by molar-refractivity contribution is 6.41. The summed E-state index contributed by atoms with van der Waals surface area (Å²) in [4.78, 5) is 41.8. The molecule has 0 fully saturated rings. The number of allylic oxidation sites excluding steroid dienone is 2. The lowest BCUT2D eigenvalue weighted by Crippen LogP contribution is -2.31. The first-order valence-corrected chi connectivity index (χ1v) is 7.41. The van der Waals surface area contributed by atoms with Crippen molar-refractivity contribution in [2.75, 3.05) is 19.8 Å². The summed E-state index contributed by atoms with van der Waals surface area (Å²) in [7, 11) is 0. The number of hydrogen-bond donors (Lipinski definition) is 0. The van der Waals surface area contributed by atoms with E-state index in [1.54, 1.807) is 34.6 Å². The van der Waals surface area contributed by atoms with Crippen LogP contribution in [0, 0.1) is 0 Å². The van der Waals surface area contributed by atoms with Gasteiger partial charge in [0.15, 0.2) is 0 Å². The van der Waals surface area contributed by atoms with E-state index in [4.69, 9.17) is 14.3 Å². The Hall–Kier alpha value is -2.44. The molecule has 0 radical (unpaired) electrons. The predicted octanol–water partition coefficient (Wildman–Crippen LogP) is 1.72. The second kappa shape index (κ2) is 8.26. The Labute approximate surface area is 135 Å². The Balaban J connectivity index is 3.48. The molecule has 1 rings (SSSR count). The number of esters is 2. The van der Waals surface area contributed by atoms with Gasteiger partial charge in [-0.15, -0.1) is 0 Å².